The van der Waals surface area contributed by atoms with Crippen LogP contribution in [0.25, 0.3) is 0 Å². The SMILES string of the molecule is C=O.CC(C)CC(C)NC(=O)CNSc1ccc(F)cc1.CCC. The summed E-state index contributed by atoms with van der Waals surface area (Å²) in [6.45, 7) is 12.8. The van der Waals surface area contributed by atoms with E-state index >= 15 is 0 Å². The summed E-state index contributed by atoms with van der Waals surface area (Å²) in [5.74, 6) is 0.282. The van der Waals surface area contributed by atoms with Gasteiger partial charge in [0.25, 0.3) is 0 Å². The summed E-state index contributed by atoms with van der Waals surface area (Å²) in [6, 6.07) is 6.33. The average molecular weight is 359 g/mol. The maximum absolute atomic E-state index is 12.7. The van der Waals surface area contributed by atoms with Gasteiger partial charge in [-0.05, 0) is 55.5 Å². The van der Waals surface area contributed by atoms with Crippen LogP contribution in [0.2, 0.25) is 0 Å². The van der Waals surface area contributed by atoms with Crippen molar-refractivity contribution in [3.05, 3.63) is 30.1 Å². The van der Waals surface area contributed by atoms with Crippen LogP contribution in [0.4, 0.5) is 4.39 Å². The molecule has 0 heterocycles. The molecular formula is C18H31FN2O2S. The summed E-state index contributed by atoms with van der Waals surface area (Å²) in [6.07, 6.45) is 2.22. The molecule has 1 aromatic carbocycles. The zero-order valence-corrected chi connectivity index (χ0v) is 16.2. The molecule has 1 aromatic rings. The summed E-state index contributed by atoms with van der Waals surface area (Å²) in [7, 11) is 0. The van der Waals surface area contributed by atoms with Crippen molar-refractivity contribution in [2.75, 3.05) is 6.54 Å². The van der Waals surface area contributed by atoms with Gasteiger partial charge in [-0.1, -0.05) is 34.1 Å². The highest BCUT2D eigenvalue weighted by molar-refractivity contribution is 7.97. The number of halogens is 1. The van der Waals surface area contributed by atoms with Gasteiger partial charge in [0.1, 0.15) is 12.6 Å². The predicted octanol–water partition coefficient (Wildman–Crippen LogP) is 4.20. The van der Waals surface area contributed by atoms with Crippen LogP contribution in [0, 0.1) is 11.7 Å². The van der Waals surface area contributed by atoms with Crippen molar-refractivity contribution in [2.24, 2.45) is 5.92 Å². The smallest absolute Gasteiger partial charge is 0.235 e. The molecule has 0 bridgehead atoms. The molecule has 2 N–H and O–H groups in total. The first kappa shape index (κ1) is 24.8. The molecule has 6 heteroatoms. The van der Waals surface area contributed by atoms with Gasteiger partial charge in [0.05, 0.1) is 6.54 Å². The summed E-state index contributed by atoms with van der Waals surface area (Å²) in [4.78, 5) is 20.5. The third-order valence-electron chi connectivity index (χ3n) is 2.47. The zero-order chi connectivity index (χ0) is 19.0. The number of rotatable bonds is 7. The number of amides is 1. The van der Waals surface area contributed by atoms with E-state index in [1.807, 2.05) is 13.7 Å². The number of carbonyl (C=O) groups excluding carboxylic acids is 2. The Morgan fingerprint density at radius 3 is 2.12 bits per heavy atom. The molecule has 0 radical (unpaired) electrons. The van der Waals surface area contributed by atoms with Crippen LogP contribution in [-0.2, 0) is 9.59 Å². The first-order chi connectivity index (χ1) is 11.4. The summed E-state index contributed by atoms with van der Waals surface area (Å²) in [5.41, 5.74) is 0. The third kappa shape index (κ3) is 15.5. The lowest BCUT2D eigenvalue weighted by molar-refractivity contribution is -0.120. The second-order valence-corrected chi connectivity index (χ2v) is 6.65. The molecule has 4 nitrogen and oxygen atoms in total. The third-order valence-corrected chi connectivity index (χ3v) is 3.27. The molecular weight excluding hydrogens is 327 g/mol. The normalized spacial score (nSPS) is 10.8. The fourth-order valence-electron chi connectivity index (χ4n) is 1.78. The lowest BCUT2D eigenvalue weighted by Crippen LogP contribution is -2.38. The zero-order valence-electron chi connectivity index (χ0n) is 15.4. The van der Waals surface area contributed by atoms with Crippen molar-refractivity contribution in [3.63, 3.8) is 0 Å². The van der Waals surface area contributed by atoms with Crippen molar-refractivity contribution in [1.82, 2.24) is 10.0 Å². The number of hydrogen-bond donors (Lipinski definition) is 2. The fraction of sp³-hybridized carbons (Fsp3) is 0.556. The molecule has 1 amide bonds. The molecule has 0 saturated heterocycles. The van der Waals surface area contributed by atoms with E-state index in [-0.39, 0.29) is 24.3 Å². The van der Waals surface area contributed by atoms with Crippen molar-refractivity contribution in [2.45, 2.75) is 58.4 Å². The number of nitrogens with one attached hydrogen (secondary N) is 2. The molecule has 0 aliphatic rings. The Morgan fingerprint density at radius 2 is 1.67 bits per heavy atom. The van der Waals surface area contributed by atoms with E-state index in [4.69, 9.17) is 4.79 Å². The van der Waals surface area contributed by atoms with Crippen molar-refractivity contribution in [1.29, 1.82) is 0 Å². The highest BCUT2D eigenvalue weighted by Gasteiger charge is 2.08. The van der Waals surface area contributed by atoms with Gasteiger partial charge in [-0.2, -0.15) is 0 Å². The van der Waals surface area contributed by atoms with Gasteiger partial charge in [0, 0.05) is 10.9 Å². The minimum absolute atomic E-state index is 0.0252. The quantitative estimate of drug-likeness (QED) is 0.717. The van der Waals surface area contributed by atoms with Gasteiger partial charge < -0.3 is 10.1 Å². The van der Waals surface area contributed by atoms with E-state index in [1.54, 1.807) is 12.1 Å². The molecule has 0 aliphatic heterocycles. The van der Waals surface area contributed by atoms with Crippen LogP contribution in [0.1, 0.15) is 47.5 Å². The average Bonchev–Trinajstić information content (AvgIpc) is 2.51. The van der Waals surface area contributed by atoms with Crippen LogP contribution >= 0.6 is 11.9 Å². The van der Waals surface area contributed by atoms with Crippen molar-refractivity contribution in [3.8, 4) is 0 Å². The minimum Gasteiger partial charge on any atom is -0.353 e. The Balaban J connectivity index is 0. The fourth-order valence-corrected chi connectivity index (χ4v) is 2.42. The number of benzene rings is 1. The Kier molecular flexibility index (Phi) is 17.0. The monoisotopic (exact) mass is 358 g/mol. The van der Waals surface area contributed by atoms with Crippen molar-refractivity contribution >= 4 is 24.6 Å². The van der Waals surface area contributed by atoms with Crippen LogP contribution in [0.15, 0.2) is 29.2 Å². The van der Waals surface area contributed by atoms with Crippen LogP contribution in [-0.4, -0.2) is 25.3 Å². The van der Waals surface area contributed by atoms with Crippen LogP contribution in [0.5, 0.6) is 0 Å². The van der Waals surface area contributed by atoms with Gasteiger partial charge in [0.15, 0.2) is 0 Å². The standard InChI is InChI=1S/C14H21FN2OS.C3H8.CH2O/c1-10(2)8-11(3)17-14(18)9-16-19-13-6-4-12(15)5-7-13;1-3-2;1-2/h4-7,10-11,16H,8-9H2,1-3H3,(H,17,18);3H2,1-2H3;1H2. The topological polar surface area (TPSA) is 58.2 Å². The van der Waals surface area contributed by atoms with Crippen molar-refractivity contribution < 1.29 is 14.0 Å². The molecule has 0 saturated carbocycles. The molecule has 0 fully saturated rings. The first-order valence-electron chi connectivity index (χ1n) is 8.12. The van der Waals surface area contributed by atoms with Gasteiger partial charge in [-0.3, -0.25) is 9.52 Å². The summed E-state index contributed by atoms with van der Waals surface area (Å²) < 4.78 is 15.7. The summed E-state index contributed by atoms with van der Waals surface area (Å²) in [5, 5.41) is 2.93. The van der Waals surface area contributed by atoms with Crippen LogP contribution < -0.4 is 10.0 Å². The maximum atomic E-state index is 12.7. The molecule has 0 aliphatic carbocycles. The van der Waals surface area contributed by atoms with E-state index in [0.29, 0.717) is 5.92 Å². The van der Waals surface area contributed by atoms with Gasteiger partial charge in [-0.15, -0.1) is 0 Å². The molecule has 0 aromatic heterocycles. The minimum atomic E-state index is -0.260. The first-order valence-corrected chi connectivity index (χ1v) is 8.94. The van der Waals surface area contributed by atoms with Gasteiger partial charge >= 0.3 is 0 Å². The van der Waals surface area contributed by atoms with Crippen LogP contribution in [0.3, 0.4) is 0 Å². The van der Waals surface area contributed by atoms with E-state index in [0.717, 1.165) is 11.3 Å². The Morgan fingerprint density at radius 1 is 1.17 bits per heavy atom. The van der Waals surface area contributed by atoms with E-state index in [9.17, 15) is 9.18 Å². The summed E-state index contributed by atoms with van der Waals surface area (Å²) >= 11 is 1.32. The Hall–Kier alpha value is -1.40. The molecule has 1 unspecified atom stereocenters. The van der Waals surface area contributed by atoms with E-state index in [1.165, 1.54) is 30.5 Å². The van der Waals surface area contributed by atoms with E-state index < -0.39 is 0 Å². The molecule has 138 valence electrons. The lowest BCUT2D eigenvalue weighted by atomic mass is 10.1. The Bertz CT molecular complexity index is 428. The van der Waals surface area contributed by atoms with Gasteiger partial charge in [0.2, 0.25) is 5.91 Å². The largest absolute Gasteiger partial charge is 0.353 e. The lowest BCUT2D eigenvalue weighted by Gasteiger charge is -2.15. The highest BCUT2D eigenvalue weighted by atomic mass is 32.2. The van der Waals surface area contributed by atoms with Gasteiger partial charge in [-0.25, -0.2) is 4.39 Å². The van der Waals surface area contributed by atoms with E-state index in [2.05, 4.69) is 37.7 Å². The predicted molar refractivity (Wildman–Crippen MR) is 100 cm³/mol. The number of hydrogen-bond acceptors (Lipinski definition) is 4. The molecule has 1 rings (SSSR count). The maximum Gasteiger partial charge on any atom is 0.235 e. The second-order valence-electron chi connectivity index (χ2n) is 5.68. The molecule has 1 atom stereocenters. The number of carbonyl (C=O) groups is 2. The Labute approximate surface area is 150 Å². The highest BCUT2D eigenvalue weighted by Crippen LogP contribution is 2.14. The molecule has 24 heavy (non-hydrogen) atoms. The molecule has 0 spiro atoms. The second kappa shape index (κ2) is 16.5.